The van der Waals surface area contributed by atoms with Crippen molar-refractivity contribution in [3.63, 3.8) is 0 Å². The van der Waals surface area contributed by atoms with Gasteiger partial charge in [-0.05, 0) is 25.7 Å². The Morgan fingerprint density at radius 3 is 2.84 bits per heavy atom. The number of amides is 2. The van der Waals surface area contributed by atoms with Crippen LogP contribution >= 0.6 is 0 Å². The summed E-state index contributed by atoms with van der Waals surface area (Å²) in [5.41, 5.74) is 0. The molecule has 5 heteroatoms. The molecule has 112 valence electrons. The second kappa shape index (κ2) is 9.15. The summed E-state index contributed by atoms with van der Waals surface area (Å²) in [5, 5.41) is 5.75. The third-order valence-corrected chi connectivity index (χ3v) is 3.49. The molecule has 1 aliphatic heterocycles. The molecule has 2 amide bonds. The molecule has 0 bridgehead atoms. The topological polar surface area (TPSA) is 59.6 Å². The van der Waals surface area contributed by atoms with Crippen LogP contribution in [0.3, 0.4) is 0 Å². The van der Waals surface area contributed by atoms with Crippen molar-refractivity contribution in [3.05, 3.63) is 0 Å². The van der Waals surface area contributed by atoms with Gasteiger partial charge in [-0.1, -0.05) is 13.8 Å². The Bertz CT molecular complexity index is 253. The van der Waals surface area contributed by atoms with Gasteiger partial charge in [0.2, 0.25) is 0 Å². The van der Waals surface area contributed by atoms with Crippen LogP contribution in [0.15, 0.2) is 0 Å². The van der Waals surface area contributed by atoms with Gasteiger partial charge >= 0.3 is 6.03 Å². The highest BCUT2D eigenvalue weighted by molar-refractivity contribution is 5.74. The molecule has 0 aliphatic carbocycles. The highest BCUT2D eigenvalue weighted by Crippen LogP contribution is 2.12. The maximum atomic E-state index is 11.5. The average molecular weight is 272 g/mol. The van der Waals surface area contributed by atoms with Gasteiger partial charge in [-0.15, -0.1) is 0 Å². The molecular weight excluding hydrogens is 244 g/mol. The fourth-order valence-corrected chi connectivity index (χ4v) is 1.77. The molecule has 0 radical (unpaired) electrons. The molecule has 2 atom stereocenters. The highest BCUT2D eigenvalue weighted by atomic mass is 16.5. The largest absolute Gasteiger partial charge is 0.381 e. The van der Waals surface area contributed by atoms with Gasteiger partial charge in [-0.2, -0.15) is 0 Å². The summed E-state index contributed by atoms with van der Waals surface area (Å²) in [7, 11) is 0. The van der Waals surface area contributed by atoms with Crippen molar-refractivity contribution in [1.29, 1.82) is 0 Å². The van der Waals surface area contributed by atoms with Crippen molar-refractivity contribution in [2.45, 2.75) is 39.7 Å². The standard InChI is InChI=1S/C14H28N2O3/c1-11(2)12(3)16-14(17)15-6-4-7-18-9-13-5-8-19-10-13/h11-13H,4-10H2,1-3H3,(H2,15,16,17)/t12-,13+/m1/s1. The van der Waals surface area contributed by atoms with E-state index in [2.05, 4.69) is 24.5 Å². The van der Waals surface area contributed by atoms with E-state index in [1.54, 1.807) is 0 Å². The predicted molar refractivity (Wildman–Crippen MR) is 75.2 cm³/mol. The number of ether oxygens (including phenoxy) is 2. The van der Waals surface area contributed by atoms with Gasteiger partial charge in [0.15, 0.2) is 0 Å². The second-order valence-electron chi connectivity index (χ2n) is 5.59. The van der Waals surface area contributed by atoms with Crippen LogP contribution in [-0.2, 0) is 9.47 Å². The maximum absolute atomic E-state index is 11.5. The first-order chi connectivity index (χ1) is 9.09. The molecule has 0 aromatic carbocycles. The quantitative estimate of drug-likeness (QED) is 0.662. The van der Waals surface area contributed by atoms with Gasteiger partial charge in [-0.3, -0.25) is 0 Å². The van der Waals surface area contributed by atoms with Crippen LogP contribution in [0, 0.1) is 11.8 Å². The Morgan fingerprint density at radius 2 is 2.21 bits per heavy atom. The number of hydrogen-bond donors (Lipinski definition) is 2. The van der Waals surface area contributed by atoms with Crippen molar-refractivity contribution in [3.8, 4) is 0 Å². The number of urea groups is 1. The Morgan fingerprint density at radius 1 is 1.42 bits per heavy atom. The number of rotatable bonds is 8. The smallest absolute Gasteiger partial charge is 0.315 e. The van der Waals surface area contributed by atoms with Crippen LogP contribution in [-0.4, -0.2) is 45.0 Å². The zero-order chi connectivity index (χ0) is 14.1. The van der Waals surface area contributed by atoms with E-state index in [9.17, 15) is 4.79 Å². The van der Waals surface area contributed by atoms with Crippen LogP contribution in [0.4, 0.5) is 4.79 Å². The molecule has 1 fully saturated rings. The summed E-state index contributed by atoms with van der Waals surface area (Å²) < 4.78 is 10.8. The lowest BCUT2D eigenvalue weighted by atomic mass is 10.1. The molecule has 0 spiro atoms. The van der Waals surface area contributed by atoms with Gasteiger partial charge in [0.1, 0.15) is 0 Å². The predicted octanol–water partition coefficient (Wildman–Crippen LogP) is 1.77. The zero-order valence-corrected chi connectivity index (χ0v) is 12.4. The van der Waals surface area contributed by atoms with Crippen molar-refractivity contribution in [2.24, 2.45) is 11.8 Å². The van der Waals surface area contributed by atoms with Crippen molar-refractivity contribution < 1.29 is 14.3 Å². The number of hydrogen-bond acceptors (Lipinski definition) is 3. The minimum Gasteiger partial charge on any atom is -0.381 e. The third-order valence-electron chi connectivity index (χ3n) is 3.49. The lowest BCUT2D eigenvalue weighted by Gasteiger charge is -2.17. The van der Waals surface area contributed by atoms with Gasteiger partial charge < -0.3 is 20.1 Å². The first-order valence-corrected chi connectivity index (χ1v) is 7.29. The van der Waals surface area contributed by atoms with Gasteiger partial charge in [0, 0.05) is 31.7 Å². The third kappa shape index (κ3) is 7.38. The van der Waals surface area contributed by atoms with Crippen molar-refractivity contribution >= 4 is 6.03 Å². The van der Waals surface area contributed by atoms with E-state index in [1.807, 2.05) is 6.92 Å². The molecule has 0 aromatic heterocycles. The minimum atomic E-state index is -0.0922. The minimum absolute atomic E-state index is 0.0922. The summed E-state index contributed by atoms with van der Waals surface area (Å²) in [6.07, 6.45) is 1.95. The molecule has 0 aromatic rings. The van der Waals surface area contributed by atoms with Crippen LogP contribution in [0.5, 0.6) is 0 Å². The molecule has 2 N–H and O–H groups in total. The van der Waals surface area contributed by atoms with E-state index in [1.165, 1.54) is 0 Å². The average Bonchev–Trinajstić information content (AvgIpc) is 2.86. The Hall–Kier alpha value is -0.810. The van der Waals surface area contributed by atoms with E-state index in [0.717, 1.165) is 32.7 Å². The molecule has 5 nitrogen and oxygen atoms in total. The molecule has 1 aliphatic rings. The Balaban J connectivity index is 1.90. The highest BCUT2D eigenvalue weighted by Gasteiger charge is 2.15. The van der Waals surface area contributed by atoms with E-state index < -0.39 is 0 Å². The SMILES string of the molecule is CC(C)[C@@H](C)NC(=O)NCCCOC[C@@H]1CCOC1. The van der Waals surface area contributed by atoms with Crippen LogP contribution < -0.4 is 10.6 Å². The van der Waals surface area contributed by atoms with E-state index in [-0.39, 0.29) is 12.1 Å². The molecule has 0 unspecified atom stereocenters. The number of carbonyl (C=O) groups is 1. The molecule has 1 saturated heterocycles. The van der Waals surface area contributed by atoms with E-state index in [4.69, 9.17) is 9.47 Å². The Kier molecular flexibility index (Phi) is 7.82. The van der Waals surface area contributed by atoms with Crippen LogP contribution in [0.25, 0.3) is 0 Å². The molecule has 1 heterocycles. The maximum Gasteiger partial charge on any atom is 0.315 e. The summed E-state index contributed by atoms with van der Waals surface area (Å²) in [5.74, 6) is 1.01. The molecule has 1 rings (SSSR count). The summed E-state index contributed by atoms with van der Waals surface area (Å²) in [4.78, 5) is 11.5. The fourth-order valence-electron chi connectivity index (χ4n) is 1.77. The lowest BCUT2D eigenvalue weighted by molar-refractivity contribution is 0.0885. The van der Waals surface area contributed by atoms with Gasteiger partial charge in [0.25, 0.3) is 0 Å². The molecule has 0 saturated carbocycles. The summed E-state index contributed by atoms with van der Waals surface area (Å²) >= 11 is 0. The van der Waals surface area contributed by atoms with Crippen molar-refractivity contribution in [1.82, 2.24) is 10.6 Å². The second-order valence-corrected chi connectivity index (χ2v) is 5.59. The fraction of sp³-hybridized carbons (Fsp3) is 0.929. The molecule has 19 heavy (non-hydrogen) atoms. The molecular formula is C14H28N2O3. The zero-order valence-electron chi connectivity index (χ0n) is 12.4. The first kappa shape index (κ1) is 16.2. The van der Waals surface area contributed by atoms with E-state index in [0.29, 0.717) is 25.0 Å². The summed E-state index contributed by atoms with van der Waals surface area (Å²) in [6, 6.07) is 0.101. The Labute approximate surface area is 116 Å². The van der Waals surface area contributed by atoms with E-state index >= 15 is 0 Å². The normalized spacial score (nSPS) is 20.5. The summed E-state index contributed by atoms with van der Waals surface area (Å²) in [6.45, 7) is 10.00. The van der Waals surface area contributed by atoms with Crippen LogP contribution in [0.2, 0.25) is 0 Å². The number of nitrogens with one attached hydrogen (secondary N) is 2. The monoisotopic (exact) mass is 272 g/mol. The lowest BCUT2D eigenvalue weighted by Crippen LogP contribution is -2.43. The van der Waals surface area contributed by atoms with Crippen LogP contribution in [0.1, 0.15) is 33.6 Å². The first-order valence-electron chi connectivity index (χ1n) is 7.29. The van der Waals surface area contributed by atoms with Gasteiger partial charge in [0.05, 0.1) is 13.2 Å². The van der Waals surface area contributed by atoms with Gasteiger partial charge in [-0.25, -0.2) is 4.79 Å². The number of carbonyl (C=O) groups excluding carboxylic acids is 1. The van der Waals surface area contributed by atoms with Crippen molar-refractivity contribution in [2.75, 3.05) is 33.0 Å².